The van der Waals surface area contributed by atoms with Crippen LogP contribution in [-0.2, 0) is 6.54 Å². The Hall–Kier alpha value is -1.88. The van der Waals surface area contributed by atoms with E-state index in [4.69, 9.17) is 0 Å². The predicted molar refractivity (Wildman–Crippen MR) is 69.1 cm³/mol. The molecule has 0 amide bonds. The van der Waals surface area contributed by atoms with Crippen LogP contribution in [0.25, 0.3) is 11.1 Å². The molecule has 2 aromatic carbocycles. The first-order chi connectivity index (χ1) is 9.54. The van der Waals surface area contributed by atoms with Crippen LogP contribution in [0, 0.1) is 23.3 Å². The van der Waals surface area contributed by atoms with Gasteiger partial charge in [-0.15, -0.1) is 0 Å². The average molecular weight is 283 g/mol. The highest BCUT2D eigenvalue weighted by molar-refractivity contribution is 5.68. The highest BCUT2D eigenvalue weighted by atomic mass is 19.2. The summed E-state index contributed by atoms with van der Waals surface area (Å²) in [5.74, 6) is -4.51. The van der Waals surface area contributed by atoms with Gasteiger partial charge < -0.3 is 5.32 Å². The summed E-state index contributed by atoms with van der Waals surface area (Å²) in [5, 5.41) is 2.99. The van der Waals surface area contributed by atoms with Gasteiger partial charge in [0.25, 0.3) is 0 Å². The van der Waals surface area contributed by atoms with Crippen molar-refractivity contribution in [1.29, 1.82) is 0 Å². The number of hydrogen-bond acceptors (Lipinski definition) is 1. The second-order valence-corrected chi connectivity index (χ2v) is 4.30. The summed E-state index contributed by atoms with van der Waals surface area (Å²) in [4.78, 5) is 0. The second-order valence-electron chi connectivity index (χ2n) is 4.30. The van der Waals surface area contributed by atoms with Crippen LogP contribution >= 0.6 is 0 Å². The lowest BCUT2D eigenvalue weighted by molar-refractivity contribution is 0.449. The minimum absolute atomic E-state index is 0.0863. The Morgan fingerprint density at radius 3 is 2.30 bits per heavy atom. The van der Waals surface area contributed by atoms with E-state index in [1.54, 1.807) is 0 Å². The van der Waals surface area contributed by atoms with Crippen molar-refractivity contribution in [3.05, 3.63) is 59.2 Å². The van der Waals surface area contributed by atoms with E-state index in [2.05, 4.69) is 5.32 Å². The van der Waals surface area contributed by atoms with Crippen LogP contribution in [0.2, 0.25) is 0 Å². The maximum absolute atomic E-state index is 13.8. The maximum atomic E-state index is 13.8. The molecule has 0 aliphatic heterocycles. The summed E-state index contributed by atoms with van der Waals surface area (Å²) in [6, 6.07) is 5.77. The molecule has 0 saturated carbocycles. The van der Waals surface area contributed by atoms with Crippen molar-refractivity contribution in [3.63, 3.8) is 0 Å². The molecule has 0 heterocycles. The first kappa shape index (κ1) is 14.5. The van der Waals surface area contributed by atoms with Crippen molar-refractivity contribution in [2.45, 2.75) is 13.5 Å². The molecule has 106 valence electrons. The van der Waals surface area contributed by atoms with Gasteiger partial charge in [-0.2, -0.15) is 0 Å². The quantitative estimate of drug-likeness (QED) is 0.660. The molecule has 0 saturated heterocycles. The van der Waals surface area contributed by atoms with Gasteiger partial charge >= 0.3 is 0 Å². The Morgan fingerprint density at radius 2 is 1.60 bits per heavy atom. The predicted octanol–water partition coefficient (Wildman–Crippen LogP) is 4.02. The Morgan fingerprint density at radius 1 is 0.900 bits per heavy atom. The van der Waals surface area contributed by atoms with Gasteiger partial charge in [-0.3, -0.25) is 0 Å². The molecule has 2 rings (SSSR count). The van der Waals surface area contributed by atoms with E-state index in [-0.39, 0.29) is 5.56 Å². The molecule has 1 N–H and O–H groups in total. The van der Waals surface area contributed by atoms with Crippen molar-refractivity contribution in [1.82, 2.24) is 5.32 Å². The molecule has 20 heavy (non-hydrogen) atoms. The number of halogens is 4. The van der Waals surface area contributed by atoms with Crippen molar-refractivity contribution in [2.75, 3.05) is 6.54 Å². The van der Waals surface area contributed by atoms with Crippen molar-refractivity contribution < 1.29 is 17.6 Å². The molecule has 1 nitrogen and oxygen atoms in total. The molecule has 5 heteroatoms. The third kappa shape index (κ3) is 2.82. The van der Waals surface area contributed by atoms with Crippen molar-refractivity contribution >= 4 is 0 Å². The van der Waals surface area contributed by atoms with E-state index in [9.17, 15) is 17.6 Å². The topological polar surface area (TPSA) is 12.0 Å². The summed E-state index contributed by atoms with van der Waals surface area (Å²) in [6.45, 7) is 2.83. The molecule has 0 radical (unpaired) electrons. The van der Waals surface area contributed by atoms with Crippen LogP contribution in [0.3, 0.4) is 0 Å². The lowest BCUT2D eigenvalue weighted by atomic mass is 9.98. The van der Waals surface area contributed by atoms with Gasteiger partial charge in [-0.1, -0.05) is 13.0 Å². The fourth-order valence-electron chi connectivity index (χ4n) is 1.96. The summed E-state index contributed by atoms with van der Waals surface area (Å²) >= 11 is 0. The summed E-state index contributed by atoms with van der Waals surface area (Å²) < 4.78 is 53.4. The van der Waals surface area contributed by atoms with Crippen molar-refractivity contribution in [3.8, 4) is 11.1 Å². The number of hydrogen-bond donors (Lipinski definition) is 1. The van der Waals surface area contributed by atoms with Gasteiger partial charge in [0.1, 0.15) is 5.82 Å². The third-order valence-electron chi connectivity index (χ3n) is 2.96. The first-order valence-corrected chi connectivity index (χ1v) is 6.17. The molecule has 2 aromatic rings. The molecular formula is C15H13F4N. The Bertz CT molecular complexity index is 626. The highest BCUT2D eigenvalue weighted by Crippen LogP contribution is 2.29. The summed E-state index contributed by atoms with van der Waals surface area (Å²) in [5.41, 5.74) is 0.734. The zero-order chi connectivity index (χ0) is 14.7. The van der Waals surface area contributed by atoms with Crippen LogP contribution in [0.5, 0.6) is 0 Å². The second kappa shape index (κ2) is 6.05. The molecule has 0 aliphatic carbocycles. The van der Waals surface area contributed by atoms with E-state index < -0.39 is 23.3 Å². The fourth-order valence-corrected chi connectivity index (χ4v) is 1.96. The molecule has 0 spiro atoms. The smallest absolute Gasteiger partial charge is 0.195 e. The molecule has 0 bridgehead atoms. The summed E-state index contributed by atoms with van der Waals surface area (Å²) in [7, 11) is 0. The van der Waals surface area contributed by atoms with Gasteiger partial charge in [0, 0.05) is 12.1 Å². The third-order valence-corrected chi connectivity index (χ3v) is 2.96. The van der Waals surface area contributed by atoms with E-state index in [0.717, 1.165) is 18.2 Å². The van der Waals surface area contributed by atoms with Crippen LogP contribution in [0.1, 0.15) is 12.5 Å². The zero-order valence-electron chi connectivity index (χ0n) is 10.8. The average Bonchev–Trinajstić information content (AvgIpc) is 2.44. The fraction of sp³-hybridized carbons (Fsp3) is 0.200. The first-order valence-electron chi connectivity index (χ1n) is 6.17. The Balaban J connectivity index is 2.54. The lowest BCUT2D eigenvalue weighted by Crippen LogP contribution is -2.13. The highest BCUT2D eigenvalue weighted by Gasteiger charge is 2.17. The number of rotatable bonds is 4. The Kier molecular flexibility index (Phi) is 4.39. The largest absolute Gasteiger partial charge is 0.313 e. The standard InChI is InChI=1S/C15H13F4N/c1-2-20-8-9-7-10(16)3-4-11(9)12-5-6-13(17)15(19)14(12)18/h3-7,20H,2,8H2,1H3. The van der Waals surface area contributed by atoms with Crippen LogP contribution in [-0.4, -0.2) is 6.54 Å². The van der Waals surface area contributed by atoms with Gasteiger partial charge in [0.2, 0.25) is 0 Å². The minimum atomic E-state index is -1.53. The summed E-state index contributed by atoms with van der Waals surface area (Å²) in [6.07, 6.45) is 0. The van der Waals surface area contributed by atoms with E-state index in [0.29, 0.717) is 24.2 Å². The van der Waals surface area contributed by atoms with Gasteiger partial charge in [0.05, 0.1) is 0 Å². The molecule has 0 aromatic heterocycles. The van der Waals surface area contributed by atoms with Crippen LogP contribution in [0.4, 0.5) is 17.6 Å². The van der Waals surface area contributed by atoms with Gasteiger partial charge in [0.15, 0.2) is 17.5 Å². The van der Waals surface area contributed by atoms with Crippen LogP contribution in [0.15, 0.2) is 30.3 Å². The molecule has 0 aliphatic rings. The van der Waals surface area contributed by atoms with Crippen molar-refractivity contribution in [2.24, 2.45) is 0 Å². The van der Waals surface area contributed by atoms with Gasteiger partial charge in [-0.25, -0.2) is 17.6 Å². The van der Waals surface area contributed by atoms with E-state index in [1.165, 1.54) is 12.1 Å². The normalized spacial score (nSPS) is 10.8. The van der Waals surface area contributed by atoms with E-state index in [1.807, 2.05) is 6.92 Å². The Labute approximate surface area is 114 Å². The monoisotopic (exact) mass is 283 g/mol. The lowest BCUT2D eigenvalue weighted by Gasteiger charge is -2.12. The molecule has 0 atom stereocenters. The number of benzene rings is 2. The molecule has 0 unspecified atom stereocenters. The number of nitrogens with one attached hydrogen (secondary N) is 1. The SMILES string of the molecule is CCNCc1cc(F)ccc1-c1ccc(F)c(F)c1F. The zero-order valence-corrected chi connectivity index (χ0v) is 10.8. The maximum Gasteiger partial charge on any atom is 0.195 e. The van der Waals surface area contributed by atoms with E-state index >= 15 is 0 Å². The molecular weight excluding hydrogens is 270 g/mol. The van der Waals surface area contributed by atoms with Crippen LogP contribution < -0.4 is 5.32 Å². The van der Waals surface area contributed by atoms with Gasteiger partial charge in [-0.05, 0) is 41.9 Å². The minimum Gasteiger partial charge on any atom is -0.313 e. The molecule has 0 fully saturated rings.